The van der Waals surface area contributed by atoms with Gasteiger partial charge in [-0.1, -0.05) is 6.08 Å². The molecule has 0 radical (unpaired) electrons. The Hall–Kier alpha value is -3.33. The van der Waals surface area contributed by atoms with E-state index in [4.69, 9.17) is 14.2 Å². The first-order valence-corrected chi connectivity index (χ1v) is 9.36. The van der Waals surface area contributed by atoms with E-state index in [9.17, 15) is 24.0 Å². The number of fused-ring (bicyclic) bond motifs is 5. The summed E-state index contributed by atoms with van der Waals surface area (Å²) >= 11 is 0. The fourth-order valence-corrected chi connectivity index (χ4v) is 4.32. The van der Waals surface area contributed by atoms with Crippen LogP contribution in [0.3, 0.4) is 0 Å². The fraction of sp³-hybridized carbons (Fsp3) is 0.381. The average molecular weight is 413 g/mol. The summed E-state index contributed by atoms with van der Waals surface area (Å²) in [4.78, 5) is 62.2. The van der Waals surface area contributed by atoms with E-state index in [0.717, 1.165) is 18.7 Å². The second-order valence-electron chi connectivity index (χ2n) is 7.46. The lowest BCUT2D eigenvalue weighted by atomic mass is 9.76. The van der Waals surface area contributed by atoms with Crippen molar-refractivity contribution in [3.63, 3.8) is 0 Å². The highest BCUT2D eigenvalue weighted by Crippen LogP contribution is 2.54. The van der Waals surface area contributed by atoms with Gasteiger partial charge in [0.05, 0.1) is 23.6 Å². The van der Waals surface area contributed by atoms with Gasteiger partial charge in [-0.15, -0.1) is 0 Å². The number of hydrogen-bond acceptors (Lipinski definition) is 8. The van der Waals surface area contributed by atoms with Crippen LogP contribution < -0.4 is 4.90 Å². The molecule has 0 N–H and O–H groups in total. The van der Waals surface area contributed by atoms with Gasteiger partial charge in [-0.25, -0.2) is 4.90 Å². The van der Waals surface area contributed by atoms with Gasteiger partial charge in [0.15, 0.2) is 11.4 Å². The average Bonchev–Trinajstić information content (AvgIpc) is 3.32. The normalized spacial score (nSPS) is 28.8. The summed E-state index contributed by atoms with van der Waals surface area (Å²) in [5.74, 6) is -4.50. The third-order valence-electron chi connectivity index (χ3n) is 5.52. The van der Waals surface area contributed by atoms with Crippen molar-refractivity contribution in [3.05, 3.63) is 42.0 Å². The molecule has 4 rings (SSSR count). The molecule has 30 heavy (non-hydrogen) atoms. The smallest absolute Gasteiger partial charge is 0.305 e. The van der Waals surface area contributed by atoms with Crippen molar-refractivity contribution >= 4 is 35.2 Å². The van der Waals surface area contributed by atoms with Crippen LogP contribution in [0.15, 0.2) is 36.4 Å². The summed E-state index contributed by atoms with van der Waals surface area (Å²) in [7, 11) is 0. The summed E-state index contributed by atoms with van der Waals surface area (Å²) < 4.78 is 16.2. The van der Waals surface area contributed by atoms with Crippen LogP contribution in [0.25, 0.3) is 0 Å². The molecular weight excluding hydrogens is 394 g/mol. The van der Waals surface area contributed by atoms with E-state index in [1.165, 1.54) is 37.3 Å². The van der Waals surface area contributed by atoms with Gasteiger partial charge in [-0.3, -0.25) is 24.0 Å². The Kier molecular flexibility index (Phi) is 4.58. The SMILES string of the molecule is CC(=O)OC(OC(C)=O)[C@@]12C=C[C@@H](O1)[C@H]1C(=O)N(c3ccc(C(C)=O)cc3)C(=O)[C@H]12. The number of ether oxygens (including phenoxy) is 3. The Labute approximate surface area is 171 Å². The van der Waals surface area contributed by atoms with Crippen LogP contribution in [0.4, 0.5) is 5.69 Å². The minimum Gasteiger partial charge on any atom is -0.422 e. The summed E-state index contributed by atoms with van der Waals surface area (Å²) in [5.41, 5.74) is -0.826. The van der Waals surface area contributed by atoms with Gasteiger partial charge >= 0.3 is 11.9 Å². The molecule has 2 fully saturated rings. The van der Waals surface area contributed by atoms with E-state index in [0.29, 0.717) is 11.3 Å². The zero-order valence-electron chi connectivity index (χ0n) is 16.5. The summed E-state index contributed by atoms with van der Waals surface area (Å²) in [6.45, 7) is 3.70. The lowest BCUT2D eigenvalue weighted by molar-refractivity contribution is -0.226. The minimum absolute atomic E-state index is 0.141. The van der Waals surface area contributed by atoms with Crippen LogP contribution in [0, 0.1) is 11.8 Å². The van der Waals surface area contributed by atoms with Gasteiger partial charge in [0.25, 0.3) is 6.29 Å². The first-order chi connectivity index (χ1) is 14.2. The molecule has 2 amide bonds. The fourth-order valence-electron chi connectivity index (χ4n) is 4.32. The number of amides is 2. The number of carbonyl (C=O) groups is 5. The highest BCUT2D eigenvalue weighted by atomic mass is 16.7. The standard InChI is InChI=1S/C21H19NO8/c1-10(23)13-4-6-14(7-5-13)22-18(26)16-15-8-9-21(30-15,17(16)19(22)27)20(28-11(2)24)29-12(3)25/h4-9,15-17,20H,1-3H3/t15-,16-,17+,21+/m1/s1. The Balaban J connectivity index is 1.71. The maximum absolute atomic E-state index is 13.3. The first kappa shape index (κ1) is 20.0. The summed E-state index contributed by atoms with van der Waals surface area (Å²) in [5, 5.41) is 0. The zero-order valence-corrected chi connectivity index (χ0v) is 16.5. The molecule has 4 atom stereocenters. The van der Waals surface area contributed by atoms with E-state index < -0.39 is 53.6 Å². The second kappa shape index (κ2) is 6.88. The number of esters is 2. The lowest BCUT2D eigenvalue weighted by Crippen LogP contribution is -2.52. The van der Waals surface area contributed by atoms with Crippen LogP contribution in [0.5, 0.6) is 0 Å². The van der Waals surface area contributed by atoms with Crippen LogP contribution in [0.2, 0.25) is 0 Å². The van der Waals surface area contributed by atoms with Crippen LogP contribution in [-0.2, 0) is 33.4 Å². The molecule has 0 spiro atoms. The molecule has 0 saturated carbocycles. The van der Waals surface area contributed by atoms with Gasteiger partial charge in [-0.2, -0.15) is 0 Å². The topological polar surface area (TPSA) is 116 Å². The Morgan fingerprint density at radius 3 is 2.13 bits per heavy atom. The van der Waals surface area contributed by atoms with Gasteiger partial charge in [0.1, 0.15) is 0 Å². The molecule has 2 saturated heterocycles. The maximum atomic E-state index is 13.3. The van der Waals surface area contributed by atoms with Crippen molar-refractivity contribution in [2.75, 3.05) is 4.90 Å². The number of imide groups is 1. The number of Topliss-reactive ketones (excluding diaryl/α,β-unsaturated/α-hetero) is 1. The van der Waals surface area contributed by atoms with Crippen molar-refractivity contribution in [3.8, 4) is 0 Å². The van der Waals surface area contributed by atoms with E-state index in [-0.39, 0.29) is 5.78 Å². The molecule has 3 heterocycles. The number of anilines is 1. The number of nitrogens with zero attached hydrogens (tertiary/aromatic N) is 1. The lowest BCUT2D eigenvalue weighted by Gasteiger charge is -2.34. The third-order valence-corrected chi connectivity index (χ3v) is 5.52. The van der Waals surface area contributed by atoms with Crippen LogP contribution in [-0.4, -0.2) is 47.5 Å². The van der Waals surface area contributed by atoms with Crippen molar-refractivity contribution in [2.24, 2.45) is 11.8 Å². The Morgan fingerprint density at radius 2 is 1.60 bits per heavy atom. The molecule has 0 aliphatic carbocycles. The minimum atomic E-state index is -1.59. The summed E-state index contributed by atoms with van der Waals surface area (Å²) in [6, 6.07) is 6.11. The van der Waals surface area contributed by atoms with Crippen molar-refractivity contribution in [1.29, 1.82) is 0 Å². The van der Waals surface area contributed by atoms with E-state index in [1.54, 1.807) is 6.08 Å². The van der Waals surface area contributed by atoms with E-state index >= 15 is 0 Å². The number of ketones is 1. The maximum Gasteiger partial charge on any atom is 0.305 e. The number of benzene rings is 1. The molecule has 1 aromatic rings. The van der Waals surface area contributed by atoms with Gasteiger partial charge in [0.2, 0.25) is 11.8 Å². The number of hydrogen-bond donors (Lipinski definition) is 0. The largest absolute Gasteiger partial charge is 0.422 e. The molecule has 3 aliphatic heterocycles. The molecule has 2 bridgehead atoms. The van der Waals surface area contributed by atoms with Crippen molar-refractivity contribution in [1.82, 2.24) is 0 Å². The number of carbonyl (C=O) groups excluding carboxylic acids is 5. The van der Waals surface area contributed by atoms with Gasteiger partial charge in [-0.05, 0) is 37.3 Å². The quantitative estimate of drug-likeness (QED) is 0.232. The monoisotopic (exact) mass is 413 g/mol. The predicted molar refractivity (Wildman–Crippen MR) is 100.0 cm³/mol. The molecule has 0 aromatic heterocycles. The molecule has 9 nitrogen and oxygen atoms in total. The Bertz CT molecular complexity index is 981. The third kappa shape index (κ3) is 2.85. The highest BCUT2D eigenvalue weighted by Gasteiger charge is 2.72. The Morgan fingerprint density at radius 1 is 1.00 bits per heavy atom. The predicted octanol–water partition coefficient (Wildman–Crippen LogP) is 1.15. The van der Waals surface area contributed by atoms with Crippen molar-refractivity contribution < 1.29 is 38.2 Å². The van der Waals surface area contributed by atoms with Crippen LogP contribution in [0.1, 0.15) is 31.1 Å². The number of rotatable bonds is 5. The van der Waals surface area contributed by atoms with Crippen molar-refractivity contribution in [2.45, 2.75) is 38.8 Å². The second-order valence-corrected chi connectivity index (χ2v) is 7.46. The first-order valence-electron chi connectivity index (χ1n) is 9.36. The summed E-state index contributed by atoms with van der Waals surface area (Å²) in [6.07, 6.45) is 0.888. The van der Waals surface area contributed by atoms with E-state index in [2.05, 4.69) is 0 Å². The van der Waals surface area contributed by atoms with E-state index in [1.807, 2.05) is 0 Å². The molecule has 0 unspecified atom stereocenters. The molecule has 3 aliphatic rings. The zero-order chi connectivity index (χ0) is 21.8. The molecular formula is C21H19NO8. The molecule has 156 valence electrons. The highest BCUT2D eigenvalue weighted by molar-refractivity contribution is 6.23. The molecule has 1 aromatic carbocycles. The molecule has 9 heteroatoms. The van der Waals surface area contributed by atoms with Gasteiger partial charge in [0, 0.05) is 19.4 Å². The van der Waals surface area contributed by atoms with Crippen LogP contribution >= 0.6 is 0 Å². The van der Waals surface area contributed by atoms with Gasteiger partial charge < -0.3 is 14.2 Å².